The summed E-state index contributed by atoms with van der Waals surface area (Å²) in [6.07, 6.45) is 3.57. The lowest BCUT2D eigenvalue weighted by atomic mass is 10.1. The maximum atomic E-state index is 5.52. The maximum Gasteiger partial charge on any atom is 0.0968 e. The van der Waals surface area contributed by atoms with E-state index in [0.717, 1.165) is 13.0 Å². The molecule has 0 aliphatic carbocycles. The topological polar surface area (TPSA) is 15.8 Å². The first-order valence-electron chi connectivity index (χ1n) is 5.83. The average molecular weight is 203 g/mol. The molecule has 0 saturated carbocycles. The molecule has 0 aromatic heterocycles. The number of fused-ring (bicyclic) bond motifs is 1. The molecule has 2 aliphatic rings. The Morgan fingerprint density at radius 1 is 1.20 bits per heavy atom. The van der Waals surface area contributed by atoms with Gasteiger partial charge in [0, 0.05) is 19.6 Å². The van der Waals surface area contributed by atoms with Crippen molar-refractivity contribution < 1.29 is 4.74 Å². The molecule has 0 spiro atoms. The number of rotatable bonds is 3. The Kier molecular flexibility index (Phi) is 2.47. The Hall–Kier alpha value is -0.860. The largest absolute Gasteiger partial charge is 0.368 e. The van der Waals surface area contributed by atoms with Gasteiger partial charge in [-0.2, -0.15) is 0 Å². The van der Waals surface area contributed by atoms with E-state index in [9.17, 15) is 0 Å². The molecule has 0 amide bonds. The third kappa shape index (κ3) is 2.21. The van der Waals surface area contributed by atoms with Gasteiger partial charge in [-0.3, -0.25) is 0 Å². The fraction of sp³-hybridized carbons (Fsp3) is 0.538. The Bertz CT molecular complexity index is 325. The SMILES string of the molecule is c1ccc(CCN2CC[C@@H]3O[C@H]3C2)cc1. The maximum absolute atomic E-state index is 5.52. The number of ether oxygens (including phenoxy) is 1. The van der Waals surface area contributed by atoms with E-state index in [4.69, 9.17) is 4.74 Å². The number of likely N-dealkylation sites (tertiary alicyclic amines) is 1. The Morgan fingerprint density at radius 3 is 2.87 bits per heavy atom. The summed E-state index contributed by atoms with van der Waals surface area (Å²) in [6.45, 7) is 3.54. The summed E-state index contributed by atoms with van der Waals surface area (Å²) in [5.41, 5.74) is 1.44. The lowest BCUT2D eigenvalue weighted by Crippen LogP contribution is -2.35. The standard InChI is InChI=1S/C13H17NO/c1-2-4-11(5-3-1)6-8-14-9-7-12-13(10-14)15-12/h1-5,12-13H,6-10H2/t12-,13-/m0/s1. The highest BCUT2D eigenvalue weighted by atomic mass is 16.6. The van der Waals surface area contributed by atoms with Crippen molar-refractivity contribution in [3.8, 4) is 0 Å². The minimum absolute atomic E-state index is 0.564. The van der Waals surface area contributed by atoms with Gasteiger partial charge in [-0.05, 0) is 18.4 Å². The highest BCUT2D eigenvalue weighted by molar-refractivity contribution is 5.15. The second-order valence-electron chi connectivity index (χ2n) is 4.54. The van der Waals surface area contributed by atoms with Gasteiger partial charge in [0.2, 0.25) is 0 Å². The molecule has 1 aromatic carbocycles. The molecule has 2 nitrogen and oxygen atoms in total. The fourth-order valence-corrected chi connectivity index (χ4v) is 2.38. The molecule has 2 fully saturated rings. The van der Waals surface area contributed by atoms with Gasteiger partial charge in [0.15, 0.2) is 0 Å². The van der Waals surface area contributed by atoms with E-state index in [2.05, 4.69) is 35.2 Å². The van der Waals surface area contributed by atoms with Crippen LogP contribution < -0.4 is 0 Å². The summed E-state index contributed by atoms with van der Waals surface area (Å²) >= 11 is 0. The van der Waals surface area contributed by atoms with Gasteiger partial charge in [0.25, 0.3) is 0 Å². The van der Waals surface area contributed by atoms with Crippen molar-refractivity contribution in [2.24, 2.45) is 0 Å². The molecule has 0 radical (unpaired) electrons. The predicted octanol–water partition coefficient (Wildman–Crippen LogP) is 1.70. The van der Waals surface area contributed by atoms with E-state index < -0.39 is 0 Å². The molecule has 0 bridgehead atoms. The summed E-state index contributed by atoms with van der Waals surface area (Å²) < 4.78 is 5.52. The second kappa shape index (κ2) is 3.95. The van der Waals surface area contributed by atoms with E-state index in [-0.39, 0.29) is 0 Å². The Labute approximate surface area is 90.8 Å². The molecule has 80 valence electrons. The van der Waals surface area contributed by atoms with Gasteiger partial charge in [0.05, 0.1) is 12.2 Å². The van der Waals surface area contributed by atoms with Gasteiger partial charge in [0.1, 0.15) is 0 Å². The molecule has 2 heteroatoms. The third-order valence-electron chi connectivity index (χ3n) is 3.42. The lowest BCUT2D eigenvalue weighted by Gasteiger charge is -2.23. The van der Waals surface area contributed by atoms with Crippen molar-refractivity contribution in [3.05, 3.63) is 35.9 Å². The number of hydrogen-bond acceptors (Lipinski definition) is 2. The highest BCUT2D eigenvalue weighted by Crippen LogP contribution is 2.30. The first-order valence-corrected chi connectivity index (χ1v) is 5.83. The first kappa shape index (κ1) is 9.37. The van der Waals surface area contributed by atoms with Crippen LogP contribution >= 0.6 is 0 Å². The van der Waals surface area contributed by atoms with Crippen LogP contribution in [0.3, 0.4) is 0 Å². The van der Waals surface area contributed by atoms with Crippen molar-refractivity contribution in [2.45, 2.75) is 25.0 Å². The molecule has 2 aliphatic heterocycles. The molecule has 1 aromatic rings. The molecule has 0 N–H and O–H groups in total. The minimum Gasteiger partial charge on any atom is -0.368 e. The van der Waals surface area contributed by atoms with Crippen molar-refractivity contribution in [1.29, 1.82) is 0 Å². The van der Waals surface area contributed by atoms with E-state index in [1.165, 1.54) is 25.1 Å². The van der Waals surface area contributed by atoms with Crippen LogP contribution in [0.4, 0.5) is 0 Å². The molecule has 2 atom stereocenters. The Balaban J connectivity index is 1.49. The zero-order valence-electron chi connectivity index (χ0n) is 8.93. The second-order valence-corrected chi connectivity index (χ2v) is 4.54. The zero-order chi connectivity index (χ0) is 10.1. The van der Waals surface area contributed by atoms with Crippen LogP contribution in [-0.4, -0.2) is 36.7 Å². The normalized spacial score (nSPS) is 29.9. The van der Waals surface area contributed by atoms with Crippen LogP contribution in [-0.2, 0) is 11.2 Å². The van der Waals surface area contributed by atoms with Gasteiger partial charge in [-0.15, -0.1) is 0 Å². The predicted molar refractivity (Wildman–Crippen MR) is 59.9 cm³/mol. The molecule has 2 heterocycles. The smallest absolute Gasteiger partial charge is 0.0968 e. The number of piperidine rings is 1. The zero-order valence-corrected chi connectivity index (χ0v) is 8.93. The first-order chi connectivity index (χ1) is 7.42. The van der Waals surface area contributed by atoms with E-state index in [1.807, 2.05) is 0 Å². The number of hydrogen-bond donors (Lipinski definition) is 0. The summed E-state index contributed by atoms with van der Waals surface area (Å²) in [5.74, 6) is 0. The quantitative estimate of drug-likeness (QED) is 0.695. The number of epoxide rings is 1. The van der Waals surface area contributed by atoms with Gasteiger partial charge in [-0.25, -0.2) is 0 Å². The average Bonchev–Trinajstić information content (AvgIpc) is 3.06. The van der Waals surface area contributed by atoms with Crippen molar-refractivity contribution in [1.82, 2.24) is 4.90 Å². The van der Waals surface area contributed by atoms with Crippen LogP contribution in [0.1, 0.15) is 12.0 Å². The van der Waals surface area contributed by atoms with E-state index in [1.54, 1.807) is 0 Å². The summed E-state index contributed by atoms with van der Waals surface area (Å²) in [4.78, 5) is 2.53. The molecular weight excluding hydrogens is 186 g/mol. The van der Waals surface area contributed by atoms with Gasteiger partial charge < -0.3 is 9.64 Å². The lowest BCUT2D eigenvalue weighted by molar-refractivity contribution is 0.248. The van der Waals surface area contributed by atoms with Crippen molar-refractivity contribution >= 4 is 0 Å². The monoisotopic (exact) mass is 203 g/mol. The molecule has 15 heavy (non-hydrogen) atoms. The fourth-order valence-electron chi connectivity index (χ4n) is 2.38. The van der Waals surface area contributed by atoms with E-state index in [0.29, 0.717) is 12.2 Å². The number of benzene rings is 1. The summed E-state index contributed by atoms with van der Waals surface area (Å²) in [5, 5.41) is 0. The molecule has 2 saturated heterocycles. The van der Waals surface area contributed by atoms with Crippen LogP contribution in [0.15, 0.2) is 30.3 Å². The molecule has 3 rings (SSSR count). The summed E-state index contributed by atoms with van der Waals surface area (Å²) in [6, 6.07) is 10.7. The highest BCUT2D eigenvalue weighted by Gasteiger charge is 2.42. The molecular formula is C13H17NO. The van der Waals surface area contributed by atoms with E-state index >= 15 is 0 Å². The Morgan fingerprint density at radius 2 is 2.07 bits per heavy atom. The van der Waals surface area contributed by atoms with Crippen molar-refractivity contribution in [2.75, 3.05) is 19.6 Å². The van der Waals surface area contributed by atoms with Crippen molar-refractivity contribution in [3.63, 3.8) is 0 Å². The third-order valence-corrected chi connectivity index (χ3v) is 3.42. The minimum atomic E-state index is 0.564. The van der Waals surface area contributed by atoms with Gasteiger partial charge in [-0.1, -0.05) is 30.3 Å². The number of nitrogens with zero attached hydrogens (tertiary/aromatic N) is 1. The van der Waals surface area contributed by atoms with Crippen LogP contribution in [0, 0.1) is 0 Å². The summed E-state index contributed by atoms with van der Waals surface area (Å²) in [7, 11) is 0. The van der Waals surface area contributed by atoms with Crippen LogP contribution in [0.2, 0.25) is 0 Å². The van der Waals surface area contributed by atoms with Gasteiger partial charge >= 0.3 is 0 Å². The van der Waals surface area contributed by atoms with Crippen LogP contribution in [0.5, 0.6) is 0 Å². The molecule has 0 unspecified atom stereocenters. The van der Waals surface area contributed by atoms with Crippen LogP contribution in [0.25, 0.3) is 0 Å².